The van der Waals surface area contributed by atoms with E-state index in [1.54, 1.807) is 0 Å². The fourth-order valence-electron chi connectivity index (χ4n) is 2.28. The molecule has 0 radical (unpaired) electrons. The lowest BCUT2D eigenvalue weighted by Gasteiger charge is -2.25. The molecule has 132 valence electrons. The van der Waals surface area contributed by atoms with Crippen LogP contribution in [0.1, 0.15) is 24.8 Å². The van der Waals surface area contributed by atoms with Gasteiger partial charge in [-0.1, -0.05) is 12.1 Å². The van der Waals surface area contributed by atoms with Gasteiger partial charge in [-0.3, -0.25) is 9.52 Å². The fourth-order valence-corrected chi connectivity index (χ4v) is 2.93. The minimum absolute atomic E-state index is 0.107. The molecule has 1 aliphatic heterocycles. The number of ether oxygens (including phenoxy) is 1. The Bertz CT molecular complexity index is 560. The Labute approximate surface area is 145 Å². The van der Waals surface area contributed by atoms with Gasteiger partial charge in [-0.15, -0.1) is 5.10 Å². The van der Waals surface area contributed by atoms with Crippen LogP contribution in [-0.2, 0) is 9.53 Å². The van der Waals surface area contributed by atoms with Crippen LogP contribution in [0.2, 0.25) is 0 Å². The van der Waals surface area contributed by atoms with Gasteiger partial charge >= 0.3 is 0 Å². The first kappa shape index (κ1) is 18.5. The van der Waals surface area contributed by atoms with E-state index in [0.717, 1.165) is 36.3 Å². The van der Waals surface area contributed by atoms with Gasteiger partial charge in [0.2, 0.25) is 5.91 Å². The van der Waals surface area contributed by atoms with Gasteiger partial charge in [0.05, 0.1) is 19.2 Å². The SMILES string of the molecule is NC(=O)CNSc1ccc(/C(N)=N/N(N)CC2CCCCO2)cc1. The van der Waals surface area contributed by atoms with E-state index in [4.69, 9.17) is 22.0 Å². The minimum atomic E-state index is -0.402. The summed E-state index contributed by atoms with van der Waals surface area (Å²) in [4.78, 5) is 11.6. The van der Waals surface area contributed by atoms with Crippen molar-refractivity contribution >= 4 is 23.7 Å². The van der Waals surface area contributed by atoms with Crippen molar-refractivity contribution in [1.29, 1.82) is 0 Å². The predicted octanol–water partition coefficient (Wildman–Crippen LogP) is 0.134. The lowest BCUT2D eigenvalue weighted by Crippen LogP contribution is -2.38. The molecule has 0 aliphatic carbocycles. The molecule has 0 saturated carbocycles. The molecule has 1 saturated heterocycles. The van der Waals surface area contributed by atoms with Crippen LogP contribution in [0.15, 0.2) is 34.3 Å². The standard InChI is InChI=1S/C15H24N6O2S/c16-14(22)9-19-24-13-6-4-11(5-7-13)15(17)20-21(18)10-12-3-1-2-8-23-12/h4-7,12,19H,1-3,8-10,18H2,(H2,16,22)(H2,17,20). The number of hydrazone groups is 1. The Hall–Kier alpha value is -1.81. The number of amides is 1. The highest BCUT2D eigenvalue weighted by Crippen LogP contribution is 2.15. The normalized spacial score (nSPS) is 18.4. The van der Waals surface area contributed by atoms with E-state index in [1.807, 2.05) is 24.3 Å². The Morgan fingerprint density at radius 2 is 2.08 bits per heavy atom. The van der Waals surface area contributed by atoms with Crippen molar-refractivity contribution < 1.29 is 9.53 Å². The molecule has 1 unspecified atom stereocenters. The summed E-state index contributed by atoms with van der Waals surface area (Å²) < 4.78 is 8.50. The number of nitrogens with two attached hydrogens (primary N) is 3. The Kier molecular flexibility index (Phi) is 7.32. The second-order valence-corrected chi connectivity index (χ2v) is 6.47. The maximum absolute atomic E-state index is 10.7. The topological polar surface area (TPSA) is 132 Å². The molecule has 1 amide bonds. The molecular weight excluding hydrogens is 328 g/mol. The van der Waals surface area contributed by atoms with Gasteiger partial charge in [0, 0.05) is 17.1 Å². The third-order valence-electron chi connectivity index (χ3n) is 3.49. The zero-order chi connectivity index (χ0) is 17.4. The molecule has 0 aromatic heterocycles. The zero-order valence-electron chi connectivity index (χ0n) is 13.5. The molecular formula is C15H24N6O2S. The van der Waals surface area contributed by atoms with Crippen LogP contribution < -0.4 is 22.0 Å². The number of hydrogen-bond donors (Lipinski definition) is 4. The second kappa shape index (κ2) is 9.48. The van der Waals surface area contributed by atoms with Crippen molar-refractivity contribution in [2.75, 3.05) is 19.7 Å². The number of carbonyl (C=O) groups is 1. The van der Waals surface area contributed by atoms with Crippen LogP contribution in [0.5, 0.6) is 0 Å². The summed E-state index contributed by atoms with van der Waals surface area (Å²) in [7, 11) is 0. The van der Waals surface area contributed by atoms with Gasteiger partial charge in [-0.25, -0.2) is 11.0 Å². The van der Waals surface area contributed by atoms with Crippen molar-refractivity contribution in [3.63, 3.8) is 0 Å². The predicted molar refractivity (Wildman–Crippen MR) is 94.7 cm³/mol. The molecule has 8 nitrogen and oxygen atoms in total. The van der Waals surface area contributed by atoms with E-state index in [2.05, 4.69) is 9.82 Å². The van der Waals surface area contributed by atoms with Gasteiger partial charge in [0.25, 0.3) is 0 Å². The van der Waals surface area contributed by atoms with E-state index >= 15 is 0 Å². The molecule has 0 spiro atoms. The number of nitrogens with zero attached hydrogens (tertiary/aromatic N) is 2. The number of hydrazine groups is 1. The summed E-state index contributed by atoms with van der Waals surface area (Å²) in [6, 6.07) is 7.44. The minimum Gasteiger partial charge on any atom is -0.382 e. The number of amidine groups is 1. The summed E-state index contributed by atoms with van der Waals surface area (Å²) in [5, 5.41) is 5.53. The van der Waals surface area contributed by atoms with Gasteiger partial charge < -0.3 is 16.2 Å². The molecule has 9 heteroatoms. The lowest BCUT2D eigenvalue weighted by atomic mass is 10.1. The van der Waals surface area contributed by atoms with E-state index in [0.29, 0.717) is 12.4 Å². The highest BCUT2D eigenvalue weighted by atomic mass is 32.2. The molecule has 2 rings (SSSR count). The van der Waals surface area contributed by atoms with Gasteiger partial charge in [-0.2, -0.15) is 0 Å². The highest BCUT2D eigenvalue weighted by Gasteiger charge is 2.16. The first-order chi connectivity index (χ1) is 11.5. The third-order valence-corrected chi connectivity index (χ3v) is 4.28. The van der Waals surface area contributed by atoms with Gasteiger partial charge in [-0.05, 0) is 43.3 Å². The number of benzene rings is 1. The van der Waals surface area contributed by atoms with E-state index < -0.39 is 5.91 Å². The smallest absolute Gasteiger partial charge is 0.232 e. The second-order valence-electron chi connectivity index (χ2n) is 5.51. The number of hydrogen-bond acceptors (Lipinski definition) is 7. The van der Waals surface area contributed by atoms with Crippen molar-refractivity contribution in [1.82, 2.24) is 9.84 Å². The Morgan fingerprint density at radius 1 is 1.33 bits per heavy atom. The molecule has 1 fully saturated rings. The first-order valence-electron chi connectivity index (χ1n) is 7.81. The summed E-state index contributed by atoms with van der Waals surface area (Å²) in [6.07, 6.45) is 3.36. The van der Waals surface area contributed by atoms with Crippen LogP contribution in [0.25, 0.3) is 0 Å². The third kappa shape index (κ3) is 6.36. The van der Waals surface area contributed by atoms with Crippen LogP contribution >= 0.6 is 11.9 Å². The average molecular weight is 352 g/mol. The Balaban J connectivity index is 1.85. The quantitative estimate of drug-likeness (QED) is 0.172. The first-order valence-corrected chi connectivity index (χ1v) is 8.62. The summed E-state index contributed by atoms with van der Waals surface area (Å²) >= 11 is 1.32. The maximum Gasteiger partial charge on any atom is 0.232 e. The zero-order valence-corrected chi connectivity index (χ0v) is 14.3. The van der Waals surface area contributed by atoms with E-state index in [-0.39, 0.29) is 12.6 Å². The van der Waals surface area contributed by atoms with Crippen LogP contribution in [-0.4, -0.2) is 42.7 Å². The molecule has 1 aliphatic rings. The maximum atomic E-state index is 10.7. The van der Waals surface area contributed by atoms with Crippen LogP contribution in [0.4, 0.5) is 0 Å². The monoisotopic (exact) mass is 352 g/mol. The molecule has 1 aromatic rings. The van der Waals surface area contributed by atoms with Crippen LogP contribution in [0, 0.1) is 0 Å². The molecule has 1 heterocycles. The average Bonchev–Trinajstić information content (AvgIpc) is 2.56. The molecule has 1 atom stereocenters. The number of nitrogens with one attached hydrogen (secondary N) is 1. The molecule has 0 bridgehead atoms. The lowest BCUT2D eigenvalue weighted by molar-refractivity contribution is -0.116. The number of carbonyl (C=O) groups excluding carboxylic acids is 1. The molecule has 1 aromatic carbocycles. The summed E-state index contributed by atoms with van der Waals surface area (Å²) in [5.41, 5.74) is 11.8. The highest BCUT2D eigenvalue weighted by molar-refractivity contribution is 7.97. The van der Waals surface area contributed by atoms with Crippen molar-refractivity contribution in [3.05, 3.63) is 29.8 Å². The fraction of sp³-hybridized carbons (Fsp3) is 0.467. The largest absolute Gasteiger partial charge is 0.382 e. The van der Waals surface area contributed by atoms with Gasteiger partial charge in [0.15, 0.2) is 5.84 Å². The number of primary amides is 1. The Morgan fingerprint density at radius 3 is 2.71 bits per heavy atom. The van der Waals surface area contributed by atoms with Crippen molar-refractivity contribution in [3.8, 4) is 0 Å². The van der Waals surface area contributed by atoms with E-state index in [1.165, 1.54) is 17.1 Å². The van der Waals surface area contributed by atoms with E-state index in [9.17, 15) is 4.79 Å². The van der Waals surface area contributed by atoms with Gasteiger partial charge in [0.1, 0.15) is 0 Å². The van der Waals surface area contributed by atoms with Crippen LogP contribution in [0.3, 0.4) is 0 Å². The van der Waals surface area contributed by atoms with Crippen molar-refractivity contribution in [2.45, 2.75) is 30.3 Å². The summed E-state index contributed by atoms with van der Waals surface area (Å²) in [5.74, 6) is 5.83. The number of rotatable bonds is 8. The molecule has 7 N–H and O–H groups in total. The summed E-state index contributed by atoms with van der Waals surface area (Å²) in [6.45, 7) is 1.41. The molecule has 24 heavy (non-hydrogen) atoms. The van der Waals surface area contributed by atoms with Crippen molar-refractivity contribution in [2.24, 2.45) is 22.4 Å².